The molecule has 0 atom stereocenters. The molecule has 7 nitrogen and oxygen atoms in total. The van der Waals surface area contributed by atoms with Crippen LogP contribution in [0, 0.1) is 0 Å². The summed E-state index contributed by atoms with van der Waals surface area (Å²) in [4.78, 5) is 19.9. The Bertz CT molecular complexity index is 689. The topological polar surface area (TPSA) is 78.9 Å². The summed E-state index contributed by atoms with van der Waals surface area (Å²) in [5, 5.41) is 7.82. The lowest BCUT2D eigenvalue weighted by atomic mass is 10.1. The number of nitrogens with zero attached hydrogens (tertiary/aromatic N) is 5. The van der Waals surface area contributed by atoms with Gasteiger partial charge in [0.05, 0.1) is 0 Å². The van der Waals surface area contributed by atoms with E-state index in [0.717, 1.165) is 23.9 Å². The molecule has 0 amide bonds. The lowest BCUT2D eigenvalue weighted by Gasteiger charge is -2.28. The van der Waals surface area contributed by atoms with Gasteiger partial charge < -0.3 is 15.5 Å². The molecule has 0 aromatic carbocycles. The molecule has 1 saturated heterocycles. The van der Waals surface area contributed by atoms with Gasteiger partial charge in [0.1, 0.15) is 10.8 Å². The minimum atomic E-state index is 0.482. The van der Waals surface area contributed by atoms with E-state index >= 15 is 0 Å². The van der Waals surface area contributed by atoms with Gasteiger partial charge in [-0.1, -0.05) is 0 Å². The van der Waals surface area contributed by atoms with Gasteiger partial charge in [-0.15, -0.1) is 0 Å². The SMILES string of the molecule is CNC(=S)Nc1nc(Sc2ncccn2)cc(N2CCCCC2)n1. The molecule has 9 heteroatoms. The molecule has 1 aliphatic rings. The third-order valence-electron chi connectivity index (χ3n) is 3.56. The quantitative estimate of drug-likeness (QED) is 0.484. The third-order valence-corrected chi connectivity index (χ3v) is 4.68. The van der Waals surface area contributed by atoms with Crippen LogP contribution in [0.2, 0.25) is 0 Å². The molecule has 0 radical (unpaired) electrons. The van der Waals surface area contributed by atoms with E-state index in [9.17, 15) is 0 Å². The lowest BCUT2D eigenvalue weighted by Crippen LogP contribution is -2.31. The molecule has 24 heavy (non-hydrogen) atoms. The summed E-state index contributed by atoms with van der Waals surface area (Å²) in [7, 11) is 1.76. The van der Waals surface area contributed by atoms with E-state index in [4.69, 9.17) is 12.2 Å². The first-order valence-corrected chi connectivity index (χ1v) is 9.05. The third kappa shape index (κ3) is 4.51. The van der Waals surface area contributed by atoms with E-state index in [0.29, 0.717) is 16.2 Å². The van der Waals surface area contributed by atoms with E-state index in [1.807, 2.05) is 6.07 Å². The Morgan fingerprint density at radius 1 is 1.17 bits per heavy atom. The van der Waals surface area contributed by atoms with Crippen LogP contribution in [-0.2, 0) is 0 Å². The molecule has 0 bridgehead atoms. The smallest absolute Gasteiger partial charge is 0.232 e. The Kier molecular flexibility index (Phi) is 5.76. The highest BCUT2D eigenvalue weighted by Gasteiger charge is 2.16. The van der Waals surface area contributed by atoms with Crippen LogP contribution in [0.1, 0.15) is 19.3 Å². The maximum atomic E-state index is 5.16. The van der Waals surface area contributed by atoms with E-state index in [1.165, 1.54) is 31.0 Å². The van der Waals surface area contributed by atoms with Gasteiger partial charge in [0.2, 0.25) is 5.95 Å². The first-order chi connectivity index (χ1) is 11.7. The predicted octanol–water partition coefficient (Wildman–Crippen LogP) is 2.32. The summed E-state index contributed by atoms with van der Waals surface area (Å²) in [6.45, 7) is 2.03. The number of hydrogen-bond donors (Lipinski definition) is 2. The molecular formula is C15H19N7S2. The first-order valence-electron chi connectivity index (χ1n) is 7.82. The monoisotopic (exact) mass is 361 g/mol. The Balaban J connectivity index is 1.88. The fourth-order valence-electron chi connectivity index (χ4n) is 2.40. The van der Waals surface area contributed by atoms with Crippen molar-refractivity contribution in [2.75, 3.05) is 30.4 Å². The van der Waals surface area contributed by atoms with Crippen LogP contribution in [0.25, 0.3) is 0 Å². The van der Waals surface area contributed by atoms with Crippen molar-refractivity contribution in [1.82, 2.24) is 25.3 Å². The second kappa shape index (κ2) is 8.20. The van der Waals surface area contributed by atoms with Gasteiger partial charge in [0, 0.05) is 38.6 Å². The van der Waals surface area contributed by atoms with Crippen molar-refractivity contribution in [1.29, 1.82) is 0 Å². The number of nitrogens with one attached hydrogen (secondary N) is 2. The number of aromatic nitrogens is 4. The normalized spacial score (nSPS) is 14.3. The molecule has 0 saturated carbocycles. The average Bonchev–Trinajstić information content (AvgIpc) is 2.63. The minimum Gasteiger partial charge on any atom is -0.365 e. The van der Waals surface area contributed by atoms with Gasteiger partial charge in [-0.2, -0.15) is 4.98 Å². The Labute approximate surface area is 150 Å². The maximum absolute atomic E-state index is 5.16. The number of hydrogen-bond acceptors (Lipinski definition) is 7. The lowest BCUT2D eigenvalue weighted by molar-refractivity contribution is 0.572. The fourth-order valence-corrected chi connectivity index (χ4v) is 3.20. The molecule has 0 unspecified atom stereocenters. The highest BCUT2D eigenvalue weighted by atomic mass is 32.2. The van der Waals surface area contributed by atoms with Crippen molar-refractivity contribution in [2.45, 2.75) is 29.4 Å². The highest BCUT2D eigenvalue weighted by molar-refractivity contribution is 7.99. The number of anilines is 2. The van der Waals surface area contributed by atoms with Crippen molar-refractivity contribution in [3.8, 4) is 0 Å². The number of piperidine rings is 1. The summed E-state index contributed by atoms with van der Waals surface area (Å²) in [6, 6.07) is 3.78. The Morgan fingerprint density at radius 2 is 1.92 bits per heavy atom. The van der Waals surface area contributed by atoms with Gasteiger partial charge in [-0.05, 0) is 49.3 Å². The Morgan fingerprint density at radius 3 is 2.62 bits per heavy atom. The maximum Gasteiger partial charge on any atom is 0.232 e. The van der Waals surface area contributed by atoms with E-state index in [-0.39, 0.29) is 0 Å². The summed E-state index contributed by atoms with van der Waals surface area (Å²) in [5.74, 6) is 1.39. The summed E-state index contributed by atoms with van der Waals surface area (Å²) in [5.41, 5.74) is 0. The van der Waals surface area contributed by atoms with Crippen LogP contribution in [0.5, 0.6) is 0 Å². The van der Waals surface area contributed by atoms with Crippen molar-refractivity contribution >= 4 is 40.9 Å². The van der Waals surface area contributed by atoms with Crippen LogP contribution >= 0.6 is 24.0 Å². The summed E-state index contributed by atoms with van der Waals surface area (Å²) in [6.07, 6.45) is 7.09. The number of thiocarbonyl (C=S) groups is 1. The van der Waals surface area contributed by atoms with Crippen molar-refractivity contribution < 1.29 is 0 Å². The first kappa shape index (κ1) is 16.8. The molecule has 126 valence electrons. The molecular weight excluding hydrogens is 342 g/mol. The van der Waals surface area contributed by atoms with Gasteiger partial charge in [0.15, 0.2) is 10.3 Å². The molecule has 2 N–H and O–H groups in total. The molecule has 2 aromatic heterocycles. The summed E-state index contributed by atoms with van der Waals surface area (Å²) >= 11 is 6.57. The Hall–Kier alpha value is -2.00. The van der Waals surface area contributed by atoms with E-state index in [1.54, 1.807) is 25.5 Å². The van der Waals surface area contributed by atoms with E-state index < -0.39 is 0 Å². The molecule has 3 heterocycles. The van der Waals surface area contributed by atoms with Crippen molar-refractivity contribution in [3.63, 3.8) is 0 Å². The zero-order valence-corrected chi connectivity index (χ0v) is 15.0. The van der Waals surface area contributed by atoms with Crippen LogP contribution in [0.3, 0.4) is 0 Å². The van der Waals surface area contributed by atoms with Crippen molar-refractivity contribution in [3.05, 3.63) is 24.5 Å². The molecule has 1 aliphatic heterocycles. The van der Waals surface area contributed by atoms with Crippen LogP contribution in [0.4, 0.5) is 11.8 Å². The largest absolute Gasteiger partial charge is 0.365 e. The van der Waals surface area contributed by atoms with Gasteiger partial charge in [0.25, 0.3) is 0 Å². The van der Waals surface area contributed by atoms with Gasteiger partial charge in [-0.25, -0.2) is 15.0 Å². The van der Waals surface area contributed by atoms with Gasteiger partial charge >= 0.3 is 0 Å². The highest BCUT2D eigenvalue weighted by Crippen LogP contribution is 2.28. The predicted molar refractivity (Wildman–Crippen MR) is 99.5 cm³/mol. The van der Waals surface area contributed by atoms with Gasteiger partial charge in [-0.3, -0.25) is 0 Å². The minimum absolute atomic E-state index is 0.482. The second-order valence-electron chi connectivity index (χ2n) is 5.27. The zero-order chi connectivity index (χ0) is 16.8. The molecule has 0 spiro atoms. The molecule has 0 aliphatic carbocycles. The molecule has 2 aromatic rings. The molecule has 3 rings (SSSR count). The van der Waals surface area contributed by atoms with Crippen LogP contribution in [-0.4, -0.2) is 45.2 Å². The van der Waals surface area contributed by atoms with E-state index in [2.05, 4.69) is 35.5 Å². The van der Waals surface area contributed by atoms with Crippen LogP contribution in [0.15, 0.2) is 34.7 Å². The zero-order valence-electron chi connectivity index (χ0n) is 13.4. The average molecular weight is 362 g/mol. The molecule has 1 fully saturated rings. The number of rotatable bonds is 4. The standard InChI is InChI=1S/C15H19N7S2/c1-16-14(23)21-13-19-11(22-8-3-2-4-9-22)10-12(20-13)24-15-17-6-5-7-18-15/h5-7,10H,2-4,8-9H2,1H3,(H2,16,19,20,21,23). The summed E-state index contributed by atoms with van der Waals surface area (Å²) < 4.78 is 0. The fraction of sp³-hybridized carbons (Fsp3) is 0.400. The second-order valence-corrected chi connectivity index (χ2v) is 6.67. The van der Waals surface area contributed by atoms with Crippen LogP contribution < -0.4 is 15.5 Å². The van der Waals surface area contributed by atoms with Crippen molar-refractivity contribution in [2.24, 2.45) is 0 Å².